The summed E-state index contributed by atoms with van der Waals surface area (Å²) < 4.78 is 37.1. The van der Waals surface area contributed by atoms with E-state index in [2.05, 4.69) is 9.94 Å². The van der Waals surface area contributed by atoms with E-state index in [0.717, 1.165) is 5.69 Å². The number of hydrogen-bond donors (Lipinski definition) is 1. The molecule has 1 heterocycles. The molecule has 0 aliphatic carbocycles. The van der Waals surface area contributed by atoms with Crippen molar-refractivity contribution >= 4 is 5.91 Å². The van der Waals surface area contributed by atoms with Gasteiger partial charge in [-0.1, -0.05) is 0 Å². The van der Waals surface area contributed by atoms with Crippen LogP contribution < -0.4 is 5.48 Å². The molecule has 0 saturated heterocycles. The summed E-state index contributed by atoms with van der Waals surface area (Å²) in [5.74, 6) is -0.749. The maximum absolute atomic E-state index is 11.8. The third-order valence-electron chi connectivity index (χ3n) is 2.30. The lowest BCUT2D eigenvalue weighted by molar-refractivity contribution is -0.184. The van der Waals surface area contributed by atoms with Crippen molar-refractivity contribution in [2.24, 2.45) is 0 Å². The molecule has 5 nitrogen and oxygen atoms in total. The van der Waals surface area contributed by atoms with Crippen LogP contribution in [0.3, 0.4) is 0 Å². The molecule has 0 spiro atoms. The Kier molecular flexibility index (Phi) is 4.04. The molecule has 8 heteroatoms. The van der Waals surface area contributed by atoms with Crippen molar-refractivity contribution in [1.82, 2.24) is 15.3 Å². The van der Waals surface area contributed by atoms with E-state index < -0.39 is 18.7 Å². The van der Waals surface area contributed by atoms with Crippen molar-refractivity contribution in [2.45, 2.75) is 6.18 Å². The van der Waals surface area contributed by atoms with Gasteiger partial charge in [-0.2, -0.15) is 18.3 Å². The van der Waals surface area contributed by atoms with Gasteiger partial charge < -0.3 is 0 Å². The number of hydroxylamine groups is 1. The number of aromatic nitrogens is 2. The molecule has 0 fully saturated rings. The maximum Gasteiger partial charge on any atom is 0.414 e. The third-order valence-corrected chi connectivity index (χ3v) is 2.30. The number of halogens is 3. The average molecular weight is 285 g/mol. The zero-order valence-corrected chi connectivity index (χ0v) is 10.1. The van der Waals surface area contributed by atoms with Crippen molar-refractivity contribution in [3.8, 4) is 5.69 Å². The molecule has 0 unspecified atom stereocenters. The molecular weight excluding hydrogens is 275 g/mol. The number of amides is 1. The highest BCUT2D eigenvalue weighted by molar-refractivity contribution is 5.93. The van der Waals surface area contributed by atoms with Crippen molar-refractivity contribution in [2.75, 3.05) is 6.61 Å². The summed E-state index contributed by atoms with van der Waals surface area (Å²) in [6.45, 7) is -1.54. The summed E-state index contributed by atoms with van der Waals surface area (Å²) in [4.78, 5) is 15.6. The Bertz CT molecular complexity index is 565. The van der Waals surface area contributed by atoms with Crippen LogP contribution >= 0.6 is 0 Å². The Morgan fingerprint density at radius 2 is 2.00 bits per heavy atom. The molecule has 0 aliphatic rings. The van der Waals surface area contributed by atoms with Crippen LogP contribution in [0.15, 0.2) is 42.7 Å². The minimum atomic E-state index is -4.49. The topological polar surface area (TPSA) is 56.1 Å². The van der Waals surface area contributed by atoms with Crippen molar-refractivity contribution in [3.63, 3.8) is 0 Å². The van der Waals surface area contributed by atoms with Crippen LogP contribution in [-0.2, 0) is 4.84 Å². The molecule has 1 aromatic carbocycles. The number of hydrogen-bond acceptors (Lipinski definition) is 3. The predicted molar refractivity (Wildman–Crippen MR) is 63.0 cm³/mol. The summed E-state index contributed by atoms with van der Waals surface area (Å²) >= 11 is 0. The van der Waals surface area contributed by atoms with Gasteiger partial charge in [0.1, 0.15) is 0 Å². The lowest BCUT2D eigenvalue weighted by Crippen LogP contribution is -2.29. The first-order valence-corrected chi connectivity index (χ1v) is 5.55. The number of carbonyl (C=O) groups is 1. The van der Waals surface area contributed by atoms with Gasteiger partial charge >= 0.3 is 6.18 Å². The SMILES string of the molecule is O=C(NOCC(F)(F)F)c1ccc(-n2cccn2)cc1. The zero-order valence-electron chi connectivity index (χ0n) is 10.1. The monoisotopic (exact) mass is 285 g/mol. The van der Waals surface area contributed by atoms with Crippen LogP contribution in [0.4, 0.5) is 13.2 Å². The highest BCUT2D eigenvalue weighted by Crippen LogP contribution is 2.14. The van der Waals surface area contributed by atoms with Crippen molar-refractivity contribution in [1.29, 1.82) is 0 Å². The Hall–Kier alpha value is -2.35. The fourth-order valence-corrected chi connectivity index (χ4v) is 1.43. The van der Waals surface area contributed by atoms with Gasteiger partial charge in [0, 0.05) is 18.0 Å². The Labute approximate surface area is 111 Å². The molecule has 0 bridgehead atoms. The number of benzene rings is 1. The standard InChI is InChI=1S/C12H10F3N3O2/c13-12(14,15)8-20-17-11(19)9-2-4-10(5-3-9)18-7-1-6-16-18/h1-7H,8H2,(H,17,19). The third kappa shape index (κ3) is 3.82. The molecule has 0 radical (unpaired) electrons. The first kappa shape index (κ1) is 14.1. The van der Waals surface area contributed by atoms with Crippen LogP contribution in [0.1, 0.15) is 10.4 Å². The molecule has 0 atom stereocenters. The summed E-state index contributed by atoms with van der Waals surface area (Å²) in [7, 11) is 0. The second-order valence-electron chi connectivity index (χ2n) is 3.83. The molecule has 1 aromatic heterocycles. The normalized spacial score (nSPS) is 11.3. The van der Waals surface area contributed by atoms with Crippen LogP contribution in [0.5, 0.6) is 0 Å². The lowest BCUT2D eigenvalue weighted by Gasteiger charge is -2.08. The van der Waals surface area contributed by atoms with E-state index in [0.29, 0.717) is 0 Å². The number of carbonyl (C=O) groups excluding carboxylic acids is 1. The van der Waals surface area contributed by atoms with Crippen molar-refractivity contribution in [3.05, 3.63) is 48.3 Å². The van der Waals surface area contributed by atoms with E-state index in [4.69, 9.17) is 0 Å². The van der Waals surface area contributed by atoms with E-state index in [1.807, 2.05) is 0 Å². The van der Waals surface area contributed by atoms with Gasteiger partial charge in [0.2, 0.25) is 0 Å². The van der Waals surface area contributed by atoms with E-state index in [-0.39, 0.29) is 5.56 Å². The number of rotatable bonds is 4. The molecule has 1 N–H and O–H groups in total. The Balaban J connectivity index is 1.94. The van der Waals surface area contributed by atoms with Crippen LogP contribution in [0.2, 0.25) is 0 Å². The van der Waals surface area contributed by atoms with Crippen LogP contribution in [0.25, 0.3) is 5.69 Å². The molecule has 0 aliphatic heterocycles. The molecule has 20 heavy (non-hydrogen) atoms. The van der Waals surface area contributed by atoms with E-state index in [9.17, 15) is 18.0 Å². The van der Waals surface area contributed by atoms with Crippen LogP contribution in [0, 0.1) is 0 Å². The van der Waals surface area contributed by atoms with Gasteiger partial charge in [0.05, 0.1) is 5.69 Å². The number of nitrogens with zero attached hydrogens (tertiary/aromatic N) is 2. The average Bonchev–Trinajstić information content (AvgIpc) is 2.91. The largest absolute Gasteiger partial charge is 0.414 e. The smallest absolute Gasteiger partial charge is 0.267 e. The fraction of sp³-hybridized carbons (Fsp3) is 0.167. The number of nitrogens with one attached hydrogen (secondary N) is 1. The van der Waals surface area contributed by atoms with E-state index >= 15 is 0 Å². The van der Waals surface area contributed by atoms with E-state index in [1.54, 1.807) is 40.8 Å². The van der Waals surface area contributed by atoms with Gasteiger partial charge in [-0.3, -0.25) is 9.63 Å². The second kappa shape index (κ2) is 5.74. The lowest BCUT2D eigenvalue weighted by atomic mass is 10.2. The first-order chi connectivity index (χ1) is 9.46. The molecule has 0 saturated carbocycles. The predicted octanol–water partition coefficient (Wildman–Crippen LogP) is 2.10. The fourth-order valence-electron chi connectivity index (χ4n) is 1.43. The number of alkyl halides is 3. The summed E-state index contributed by atoms with van der Waals surface area (Å²) in [5, 5.41) is 4.00. The van der Waals surface area contributed by atoms with Gasteiger partial charge in [-0.05, 0) is 30.3 Å². The van der Waals surface area contributed by atoms with Gasteiger partial charge in [-0.15, -0.1) is 0 Å². The highest BCUT2D eigenvalue weighted by atomic mass is 19.4. The molecule has 106 valence electrons. The minimum Gasteiger partial charge on any atom is -0.267 e. The van der Waals surface area contributed by atoms with E-state index in [1.165, 1.54) is 12.1 Å². The molecule has 2 rings (SSSR count). The Morgan fingerprint density at radius 3 is 2.55 bits per heavy atom. The first-order valence-electron chi connectivity index (χ1n) is 5.55. The van der Waals surface area contributed by atoms with Crippen LogP contribution in [-0.4, -0.2) is 28.5 Å². The Morgan fingerprint density at radius 1 is 1.30 bits per heavy atom. The van der Waals surface area contributed by atoms with Gasteiger partial charge in [0.25, 0.3) is 5.91 Å². The summed E-state index contributed by atoms with van der Waals surface area (Å²) in [5.41, 5.74) is 2.64. The summed E-state index contributed by atoms with van der Waals surface area (Å²) in [6, 6.07) is 7.90. The minimum absolute atomic E-state index is 0.183. The van der Waals surface area contributed by atoms with Gasteiger partial charge in [-0.25, -0.2) is 10.2 Å². The zero-order chi connectivity index (χ0) is 14.6. The molecule has 2 aromatic rings. The molecular formula is C12H10F3N3O2. The van der Waals surface area contributed by atoms with Crippen molar-refractivity contribution < 1.29 is 22.8 Å². The quantitative estimate of drug-likeness (QED) is 0.875. The summed E-state index contributed by atoms with van der Waals surface area (Å²) in [6.07, 6.45) is -1.16. The highest BCUT2D eigenvalue weighted by Gasteiger charge is 2.28. The molecule has 1 amide bonds. The second-order valence-corrected chi connectivity index (χ2v) is 3.83. The van der Waals surface area contributed by atoms with Gasteiger partial charge in [0.15, 0.2) is 6.61 Å². The maximum atomic E-state index is 11.8.